The van der Waals surface area contributed by atoms with Crippen LogP contribution < -0.4 is 5.32 Å². The van der Waals surface area contributed by atoms with Gasteiger partial charge in [-0.05, 0) is 23.6 Å². The van der Waals surface area contributed by atoms with E-state index >= 15 is 0 Å². The van der Waals surface area contributed by atoms with Crippen molar-refractivity contribution < 1.29 is 14.3 Å². The summed E-state index contributed by atoms with van der Waals surface area (Å²) < 4.78 is 9.24. The molecule has 6 nitrogen and oxygen atoms in total. The monoisotopic (exact) mass is 379 g/mol. The number of ether oxygens (including phenoxy) is 1. The minimum Gasteiger partial charge on any atom is -0.455 e. The second kappa shape index (κ2) is 7.52. The topological polar surface area (TPSA) is 81.2 Å². The number of para-hydroxylation sites is 1. The van der Waals surface area contributed by atoms with Crippen LogP contribution >= 0.6 is 34.5 Å². The third-order valence-electron chi connectivity index (χ3n) is 3.03. The zero-order valence-corrected chi connectivity index (χ0v) is 14.5. The molecule has 2 heterocycles. The minimum atomic E-state index is -0.583. The summed E-state index contributed by atoms with van der Waals surface area (Å²) in [5.74, 6) is -0.872. The Morgan fingerprint density at radius 1 is 1.25 bits per heavy atom. The summed E-state index contributed by atoms with van der Waals surface area (Å²) in [6.45, 7) is -0.0824. The lowest BCUT2D eigenvalue weighted by atomic mass is 10.1. The van der Waals surface area contributed by atoms with Crippen LogP contribution in [0, 0.1) is 0 Å². The molecule has 1 aromatic carbocycles. The van der Waals surface area contributed by atoms with Gasteiger partial charge in [-0.2, -0.15) is 11.3 Å². The Morgan fingerprint density at radius 2 is 2.08 bits per heavy atom. The zero-order valence-electron chi connectivity index (χ0n) is 12.1. The van der Waals surface area contributed by atoms with E-state index in [1.165, 1.54) is 11.3 Å². The highest BCUT2D eigenvalue weighted by Crippen LogP contribution is 2.21. The van der Waals surface area contributed by atoms with Crippen LogP contribution in [-0.2, 0) is 11.3 Å². The molecule has 3 rings (SSSR count). The maximum Gasteiger partial charge on any atom is 0.340 e. The van der Waals surface area contributed by atoms with Gasteiger partial charge in [0.2, 0.25) is 0 Å². The lowest BCUT2D eigenvalue weighted by Gasteiger charge is -2.10. The largest absolute Gasteiger partial charge is 0.455 e. The second-order valence-corrected chi connectivity index (χ2v) is 6.72. The molecule has 122 valence electrons. The van der Waals surface area contributed by atoms with Crippen molar-refractivity contribution in [1.29, 1.82) is 0 Å². The van der Waals surface area contributed by atoms with Crippen LogP contribution in [0.2, 0.25) is 4.34 Å². The van der Waals surface area contributed by atoms with Crippen molar-refractivity contribution >= 4 is 52.0 Å². The third kappa shape index (κ3) is 3.78. The molecule has 3 aromatic rings. The fourth-order valence-corrected chi connectivity index (χ4v) is 3.09. The molecule has 0 atom stereocenters. The Morgan fingerprint density at radius 3 is 2.79 bits per heavy atom. The van der Waals surface area contributed by atoms with E-state index in [1.807, 2.05) is 0 Å². The van der Waals surface area contributed by atoms with Crippen molar-refractivity contribution in [2.24, 2.45) is 0 Å². The van der Waals surface area contributed by atoms with Crippen molar-refractivity contribution in [3.63, 3.8) is 0 Å². The molecule has 0 fully saturated rings. The van der Waals surface area contributed by atoms with Crippen LogP contribution in [0.5, 0.6) is 0 Å². The van der Waals surface area contributed by atoms with Crippen molar-refractivity contribution in [1.82, 2.24) is 9.59 Å². The summed E-state index contributed by atoms with van der Waals surface area (Å²) in [7, 11) is 0. The van der Waals surface area contributed by atoms with Crippen molar-refractivity contribution in [3.05, 3.63) is 62.2 Å². The predicted octanol–water partition coefficient (Wildman–Crippen LogP) is 3.86. The minimum absolute atomic E-state index is 0.0824. The first kappa shape index (κ1) is 16.6. The lowest BCUT2D eigenvalue weighted by molar-refractivity contribution is 0.0469. The molecular weight excluding hydrogens is 370 g/mol. The Bertz CT molecular complexity index is 864. The maximum absolute atomic E-state index is 12.3. The molecule has 9 heteroatoms. The van der Waals surface area contributed by atoms with Crippen LogP contribution in [0.4, 0.5) is 5.69 Å². The summed E-state index contributed by atoms with van der Waals surface area (Å²) in [6.07, 6.45) is 0. The van der Waals surface area contributed by atoms with E-state index in [1.54, 1.807) is 41.1 Å². The number of nitrogens with zero attached hydrogens (tertiary/aromatic N) is 2. The second-order valence-electron chi connectivity index (χ2n) is 4.58. The smallest absolute Gasteiger partial charge is 0.340 e. The molecule has 0 saturated carbocycles. The SMILES string of the molecule is O=C(Nc1ccccc1C(=O)OCc1nnsc1Cl)c1ccsc1. The van der Waals surface area contributed by atoms with Crippen molar-refractivity contribution in [2.45, 2.75) is 6.61 Å². The molecule has 0 aliphatic carbocycles. The molecule has 0 aliphatic rings. The van der Waals surface area contributed by atoms with E-state index in [0.717, 1.165) is 11.5 Å². The lowest BCUT2D eigenvalue weighted by Crippen LogP contribution is -2.15. The highest BCUT2D eigenvalue weighted by Gasteiger charge is 2.16. The van der Waals surface area contributed by atoms with Crippen LogP contribution in [0.3, 0.4) is 0 Å². The summed E-state index contributed by atoms with van der Waals surface area (Å²) in [5, 5.41) is 10.0. The number of benzene rings is 1. The van der Waals surface area contributed by atoms with Gasteiger partial charge >= 0.3 is 5.97 Å². The van der Waals surface area contributed by atoms with Gasteiger partial charge in [0.25, 0.3) is 5.91 Å². The van der Waals surface area contributed by atoms with Crippen LogP contribution in [-0.4, -0.2) is 21.5 Å². The summed E-state index contributed by atoms with van der Waals surface area (Å²) in [5.41, 5.74) is 1.56. The summed E-state index contributed by atoms with van der Waals surface area (Å²) >= 11 is 8.31. The molecule has 1 N–H and O–H groups in total. The Hall–Kier alpha value is -2.29. The highest BCUT2D eigenvalue weighted by molar-refractivity contribution is 7.10. The Kier molecular flexibility index (Phi) is 5.19. The van der Waals surface area contributed by atoms with Crippen LogP contribution in [0.15, 0.2) is 41.1 Å². The van der Waals surface area contributed by atoms with Gasteiger partial charge in [-0.25, -0.2) is 4.79 Å². The highest BCUT2D eigenvalue weighted by atomic mass is 35.5. The van der Waals surface area contributed by atoms with E-state index < -0.39 is 5.97 Å². The Balaban J connectivity index is 1.72. The standard InChI is InChI=1S/C15H10ClN3O3S2/c16-13-12(18-19-24-13)7-22-15(21)10-3-1-2-4-11(10)17-14(20)9-5-6-23-8-9/h1-6,8H,7H2,(H,17,20). The van der Waals surface area contributed by atoms with Gasteiger partial charge in [0.1, 0.15) is 16.6 Å². The first-order valence-corrected chi connectivity index (χ1v) is 8.81. The number of amides is 1. The Labute approximate surface area is 150 Å². The van der Waals surface area contributed by atoms with E-state index in [0.29, 0.717) is 21.3 Å². The molecular formula is C15H10ClN3O3S2. The number of nitrogens with one attached hydrogen (secondary N) is 1. The average molecular weight is 380 g/mol. The van der Waals surface area contributed by atoms with Crippen molar-refractivity contribution in [3.8, 4) is 0 Å². The molecule has 0 bridgehead atoms. The van der Waals surface area contributed by atoms with E-state index in [9.17, 15) is 9.59 Å². The molecule has 2 aromatic heterocycles. The van der Waals surface area contributed by atoms with Gasteiger partial charge in [-0.3, -0.25) is 4.79 Å². The van der Waals surface area contributed by atoms with Crippen LogP contribution in [0.25, 0.3) is 0 Å². The molecule has 0 radical (unpaired) electrons. The van der Waals surface area contributed by atoms with E-state index in [4.69, 9.17) is 16.3 Å². The molecule has 1 amide bonds. The number of carbonyl (C=O) groups excluding carboxylic acids is 2. The number of hydrogen-bond donors (Lipinski definition) is 1. The van der Waals surface area contributed by atoms with Crippen molar-refractivity contribution in [2.75, 3.05) is 5.32 Å². The molecule has 0 saturated heterocycles. The van der Waals surface area contributed by atoms with Gasteiger partial charge in [0.05, 0.1) is 16.8 Å². The fraction of sp³-hybridized carbons (Fsp3) is 0.0667. The predicted molar refractivity (Wildman–Crippen MR) is 92.8 cm³/mol. The number of hydrogen-bond acceptors (Lipinski definition) is 7. The number of aromatic nitrogens is 2. The number of anilines is 1. The van der Waals surface area contributed by atoms with Crippen LogP contribution in [0.1, 0.15) is 26.4 Å². The average Bonchev–Trinajstić information content (AvgIpc) is 3.25. The van der Waals surface area contributed by atoms with Gasteiger partial charge in [0, 0.05) is 16.9 Å². The first-order chi connectivity index (χ1) is 11.6. The van der Waals surface area contributed by atoms with E-state index in [-0.39, 0.29) is 18.1 Å². The number of esters is 1. The molecule has 0 unspecified atom stereocenters. The zero-order chi connectivity index (χ0) is 16.9. The van der Waals surface area contributed by atoms with E-state index in [2.05, 4.69) is 14.9 Å². The summed E-state index contributed by atoms with van der Waals surface area (Å²) in [6, 6.07) is 8.33. The summed E-state index contributed by atoms with van der Waals surface area (Å²) in [4.78, 5) is 24.4. The number of thiophene rings is 1. The molecule has 24 heavy (non-hydrogen) atoms. The molecule has 0 spiro atoms. The fourth-order valence-electron chi connectivity index (χ4n) is 1.85. The van der Waals surface area contributed by atoms with Gasteiger partial charge in [0.15, 0.2) is 0 Å². The van der Waals surface area contributed by atoms with Gasteiger partial charge in [-0.15, -0.1) is 5.10 Å². The third-order valence-corrected chi connectivity index (χ3v) is 4.70. The number of carbonyl (C=O) groups is 2. The first-order valence-electron chi connectivity index (χ1n) is 6.71. The van der Waals surface area contributed by atoms with Gasteiger partial charge in [-0.1, -0.05) is 28.2 Å². The number of rotatable bonds is 5. The van der Waals surface area contributed by atoms with Gasteiger partial charge < -0.3 is 10.1 Å². The number of halogens is 1. The normalized spacial score (nSPS) is 10.4. The maximum atomic E-state index is 12.3. The molecule has 0 aliphatic heterocycles. The quantitative estimate of drug-likeness (QED) is 0.680.